The quantitative estimate of drug-likeness (QED) is 0.871. The molecule has 1 heterocycles. The number of halogens is 2. The second-order valence-corrected chi connectivity index (χ2v) is 7.46. The number of amides is 1. The first-order valence-corrected chi connectivity index (χ1v) is 8.57. The van der Waals surface area contributed by atoms with Crippen LogP contribution in [0.15, 0.2) is 18.2 Å². The lowest BCUT2D eigenvalue weighted by Gasteiger charge is -2.32. The standard InChI is InChI=1S/C14H18F2N2O3S/c1-14(4-6-17-7-5-14)13(19)18-22(20,21)9-10-2-3-11(15)8-12(10)16/h2-3,8,17H,4-7,9H2,1H3,(H,18,19). The Morgan fingerprint density at radius 1 is 1.32 bits per heavy atom. The molecule has 0 aromatic heterocycles. The molecule has 1 saturated heterocycles. The Morgan fingerprint density at radius 2 is 1.95 bits per heavy atom. The number of benzene rings is 1. The van der Waals surface area contributed by atoms with Crippen LogP contribution >= 0.6 is 0 Å². The minimum absolute atomic E-state index is 0.183. The van der Waals surface area contributed by atoms with E-state index in [0.29, 0.717) is 32.0 Å². The summed E-state index contributed by atoms with van der Waals surface area (Å²) >= 11 is 0. The number of piperidine rings is 1. The molecule has 0 spiro atoms. The van der Waals surface area contributed by atoms with E-state index in [4.69, 9.17) is 0 Å². The average molecular weight is 332 g/mol. The maximum absolute atomic E-state index is 13.5. The van der Waals surface area contributed by atoms with Crippen LogP contribution in [0.1, 0.15) is 25.3 Å². The Morgan fingerprint density at radius 3 is 2.55 bits per heavy atom. The van der Waals surface area contributed by atoms with Gasteiger partial charge in [0.2, 0.25) is 15.9 Å². The van der Waals surface area contributed by atoms with Crippen LogP contribution in [0.3, 0.4) is 0 Å². The summed E-state index contributed by atoms with van der Waals surface area (Å²) in [4.78, 5) is 12.2. The number of nitrogens with one attached hydrogen (secondary N) is 2. The van der Waals surface area contributed by atoms with E-state index in [2.05, 4.69) is 5.32 Å². The maximum Gasteiger partial charge on any atom is 0.239 e. The van der Waals surface area contributed by atoms with Crippen LogP contribution in [-0.4, -0.2) is 27.4 Å². The van der Waals surface area contributed by atoms with Crippen molar-refractivity contribution in [3.05, 3.63) is 35.4 Å². The number of hydrogen-bond acceptors (Lipinski definition) is 4. The zero-order valence-electron chi connectivity index (χ0n) is 12.2. The fraction of sp³-hybridized carbons (Fsp3) is 0.500. The summed E-state index contributed by atoms with van der Waals surface area (Å²) < 4.78 is 52.4. The lowest BCUT2D eigenvalue weighted by Crippen LogP contribution is -2.47. The molecule has 5 nitrogen and oxygen atoms in total. The molecule has 1 fully saturated rings. The topological polar surface area (TPSA) is 75.3 Å². The van der Waals surface area contributed by atoms with Gasteiger partial charge in [-0.25, -0.2) is 17.2 Å². The van der Waals surface area contributed by atoms with Gasteiger partial charge in [0.1, 0.15) is 11.6 Å². The molecule has 2 N–H and O–H groups in total. The van der Waals surface area contributed by atoms with Crippen molar-refractivity contribution in [1.29, 1.82) is 0 Å². The van der Waals surface area contributed by atoms with E-state index in [1.54, 1.807) is 6.92 Å². The van der Waals surface area contributed by atoms with Crippen molar-refractivity contribution in [3.63, 3.8) is 0 Å². The zero-order chi connectivity index (χ0) is 16.4. The summed E-state index contributed by atoms with van der Waals surface area (Å²) in [6.07, 6.45) is 1.05. The van der Waals surface area contributed by atoms with Crippen LogP contribution < -0.4 is 10.0 Å². The van der Waals surface area contributed by atoms with Crippen LogP contribution in [0.2, 0.25) is 0 Å². The first-order chi connectivity index (χ1) is 10.2. The van der Waals surface area contributed by atoms with Crippen molar-refractivity contribution in [2.75, 3.05) is 13.1 Å². The lowest BCUT2D eigenvalue weighted by atomic mass is 9.80. The van der Waals surface area contributed by atoms with Crippen LogP contribution in [0.5, 0.6) is 0 Å². The third-order valence-electron chi connectivity index (χ3n) is 3.86. The predicted molar refractivity (Wildman–Crippen MR) is 77.3 cm³/mol. The summed E-state index contributed by atoms with van der Waals surface area (Å²) in [6.45, 7) is 2.98. The van der Waals surface area contributed by atoms with E-state index >= 15 is 0 Å². The van der Waals surface area contributed by atoms with Gasteiger partial charge < -0.3 is 5.32 Å². The Labute approximate surface area is 128 Å². The fourth-order valence-corrected chi connectivity index (χ4v) is 3.59. The molecule has 0 bridgehead atoms. The van der Waals surface area contributed by atoms with Gasteiger partial charge in [0.15, 0.2) is 0 Å². The number of hydrogen-bond donors (Lipinski definition) is 2. The smallest absolute Gasteiger partial charge is 0.239 e. The number of carbonyl (C=O) groups excluding carboxylic acids is 1. The van der Waals surface area contributed by atoms with Crippen LogP contribution in [0.25, 0.3) is 0 Å². The number of rotatable bonds is 4. The van der Waals surface area contributed by atoms with Crippen molar-refractivity contribution in [2.24, 2.45) is 5.41 Å². The molecule has 0 aliphatic carbocycles. The third-order valence-corrected chi connectivity index (χ3v) is 5.05. The molecule has 1 amide bonds. The van der Waals surface area contributed by atoms with Gasteiger partial charge in [-0.1, -0.05) is 13.0 Å². The molecule has 1 aromatic rings. The van der Waals surface area contributed by atoms with E-state index in [1.807, 2.05) is 4.72 Å². The molecule has 2 rings (SSSR count). The maximum atomic E-state index is 13.5. The molecular weight excluding hydrogens is 314 g/mol. The Kier molecular flexibility index (Phi) is 4.81. The van der Waals surface area contributed by atoms with Gasteiger partial charge in [-0.15, -0.1) is 0 Å². The normalized spacial score (nSPS) is 18.0. The molecule has 0 atom stereocenters. The van der Waals surface area contributed by atoms with E-state index in [0.717, 1.165) is 12.1 Å². The van der Waals surface area contributed by atoms with E-state index in [-0.39, 0.29) is 5.56 Å². The number of carbonyl (C=O) groups is 1. The summed E-state index contributed by atoms with van der Waals surface area (Å²) in [5.41, 5.74) is -0.947. The molecule has 0 saturated carbocycles. The van der Waals surface area contributed by atoms with Gasteiger partial charge in [-0.2, -0.15) is 0 Å². The predicted octanol–water partition coefficient (Wildman–Crippen LogP) is 1.30. The molecule has 0 radical (unpaired) electrons. The summed E-state index contributed by atoms with van der Waals surface area (Å²) in [7, 11) is -4.04. The molecule has 1 aliphatic heterocycles. The Balaban J connectivity index is 2.09. The van der Waals surface area contributed by atoms with Gasteiger partial charge in [-0.3, -0.25) is 9.52 Å². The van der Waals surface area contributed by atoms with Crippen molar-refractivity contribution in [2.45, 2.75) is 25.5 Å². The Bertz CT molecular complexity index is 671. The van der Waals surface area contributed by atoms with E-state index in [9.17, 15) is 22.0 Å². The highest BCUT2D eigenvalue weighted by Gasteiger charge is 2.36. The summed E-state index contributed by atoms with van der Waals surface area (Å²) in [5, 5.41) is 3.10. The van der Waals surface area contributed by atoms with Crippen LogP contribution in [0, 0.1) is 17.0 Å². The second kappa shape index (κ2) is 6.29. The monoisotopic (exact) mass is 332 g/mol. The second-order valence-electron chi connectivity index (χ2n) is 5.74. The molecular formula is C14H18F2N2O3S. The van der Waals surface area contributed by atoms with Gasteiger partial charge in [0.25, 0.3) is 0 Å². The largest absolute Gasteiger partial charge is 0.317 e. The third kappa shape index (κ3) is 4.01. The first kappa shape index (κ1) is 16.8. The van der Waals surface area contributed by atoms with Gasteiger partial charge in [0.05, 0.1) is 5.75 Å². The minimum atomic E-state index is -4.04. The molecule has 122 valence electrons. The molecule has 0 unspecified atom stereocenters. The highest BCUT2D eigenvalue weighted by atomic mass is 32.2. The van der Waals surface area contributed by atoms with Gasteiger partial charge in [-0.05, 0) is 32.0 Å². The first-order valence-electron chi connectivity index (χ1n) is 6.91. The SMILES string of the molecule is CC1(C(=O)NS(=O)(=O)Cc2ccc(F)cc2F)CCNCC1. The lowest BCUT2D eigenvalue weighted by molar-refractivity contribution is -0.129. The highest BCUT2D eigenvalue weighted by Crippen LogP contribution is 2.28. The Hall–Kier alpha value is -1.54. The molecule has 22 heavy (non-hydrogen) atoms. The molecule has 1 aliphatic rings. The van der Waals surface area contributed by atoms with Gasteiger partial charge in [0, 0.05) is 17.0 Å². The van der Waals surface area contributed by atoms with E-state index < -0.39 is 38.7 Å². The summed E-state index contributed by atoms with van der Waals surface area (Å²) in [5.74, 6) is -3.04. The van der Waals surface area contributed by atoms with Crippen molar-refractivity contribution < 1.29 is 22.0 Å². The van der Waals surface area contributed by atoms with Gasteiger partial charge >= 0.3 is 0 Å². The average Bonchev–Trinajstić information content (AvgIpc) is 2.42. The van der Waals surface area contributed by atoms with Crippen molar-refractivity contribution in [3.8, 4) is 0 Å². The highest BCUT2D eigenvalue weighted by molar-refractivity contribution is 7.89. The zero-order valence-corrected chi connectivity index (χ0v) is 13.0. The molecule has 1 aromatic carbocycles. The number of sulfonamides is 1. The summed E-state index contributed by atoms with van der Waals surface area (Å²) in [6, 6.07) is 2.64. The molecule has 8 heteroatoms. The van der Waals surface area contributed by atoms with Crippen molar-refractivity contribution >= 4 is 15.9 Å². The minimum Gasteiger partial charge on any atom is -0.317 e. The fourth-order valence-electron chi connectivity index (χ4n) is 2.35. The van der Waals surface area contributed by atoms with E-state index in [1.165, 1.54) is 0 Å². The van der Waals surface area contributed by atoms with Crippen molar-refractivity contribution in [1.82, 2.24) is 10.0 Å². The van der Waals surface area contributed by atoms with Crippen LogP contribution in [-0.2, 0) is 20.6 Å². The van der Waals surface area contributed by atoms with Crippen LogP contribution in [0.4, 0.5) is 8.78 Å².